The first-order chi connectivity index (χ1) is 11.4. The lowest BCUT2D eigenvalue weighted by molar-refractivity contribution is -0.857. The van der Waals surface area contributed by atoms with Gasteiger partial charge in [0.25, 0.3) is 0 Å². The molecule has 0 spiro atoms. The van der Waals surface area contributed by atoms with E-state index in [0.29, 0.717) is 5.11 Å². The monoisotopic (exact) mass is 366 g/mol. The highest BCUT2D eigenvalue weighted by Crippen LogP contribution is 2.25. The lowest BCUT2D eigenvalue weighted by atomic mass is 10.2. The quantitative estimate of drug-likeness (QED) is 0.769. The maximum Gasteiger partial charge on any atom is 0.174 e. The molecular weight excluding hydrogens is 342 g/mol. The number of hydrogen-bond acceptors (Lipinski definition) is 2. The Bertz CT molecular complexity index is 673. The van der Waals surface area contributed by atoms with Gasteiger partial charge in [-0.15, -0.1) is 0 Å². The molecule has 0 saturated heterocycles. The number of quaternary nitrogens is 1. The van der Waals surface area contributed by atoms with E-state index >= 15 is 0 Å². The second kappa shape index (κ2) is 8.51. The average molecular weight is 367 g/mol. The number of furan rings is 1. The van der Waals surface area contributed by atoms with Crippen molar-refractivity contribution >= 4 is 34.6 Å². The van der Waals surface area contributed by atoms with Crippen molar-refractivity contribution in [3.63, 3.8) is 0 Å². The molecule has 0 aliphatic heterocycles. The normalized spacial score (nSPS) is 12.2. The molecule has 0 amide bonds. The fourth-order valence-electron chi connectivity index (χ4n) is 2.43. The van der Waals surface area contributed by atoms with Gasteiger partial charge < -0.3 is 19.5 Å². The van der Waals surface area contributed by atoms with Crippen LogP contribution in [0.1, 0.15) is 24.3 Å². The molecule has 1 atom stereocenters. The van der Waals surface area contributed by atoms with Crippen LogP contribution in [0.15, 0.2) is 41.0 Å². The van der Waals surface area contributed by atoms with Crippen LogP contribution in [0.25, 0.3) is 0 Å². The number of rotatable bonds is 6. The number of benzene rings is 1. The Kier molecular flexibility index (Phi) is 6.66. The zero-order valence-corrected chi connectivity index (χ0v) is 16.2. The van der Waals surface area contributed by atoms with Gasteiger partial charge in [-0.2, -0.15) is 0 Å². The van der Waals surface area contributed by atoms with Gasteiger partial charge in [0.05, 0.1) is 39.5 Å². The second-order valence-electron chi connectivity index (χ2n) is 6.18. The summed E-state index contributed by atoms with van der Waals surface area (Å²) in [7, 11) is 4.26. The molecule has 130 valence electrons. The summed E-state index contributed by atoms with van der Waals surface area (Å²) in [6, 6.07) is 9.72. The Labute approximate surface area is 154 Å². The largest absolute Gasteiger partial charge is 0.467 e. The van der Waals surface area contributed by atoms with E-state index in [1.54, 1.807) is 6.26 Å². The Hall–Kier alpha value is -1.56. The number of hydrogen-bond donors (Lipinski definition) is 2. The summed E-state index contributed by atoms with van der Waals surface area (Å²) in [4.78, 5) is 3.52. The molecule has 6 heteroatoms. The van der Waals surface area contributed by atoms with Gasteiger partial charge in [0.15, 0.2) is 5.11 Å². The summed E-state index contributed by atoms with van der Waals surface area (Å²) in [6.45, 7) is 5.89. The number of nitrogens with one attached hydrogen (secondary N) is 2. The topological polar surface area (TPSA) is 32.9 Å². The van der Waals surface area contributed by atoms with Crippen molar-refractivity contribution in [3.05, 3.63) is 52.9 Å². The zero-order chi connectivity index (χ0) is 17.7. The first kappa shape index (κ1) is 18.8. The molecular formula is C18H25ClN3OS+. The van der Waals surface area contributed by atoms with Gasteiger partial charge in [-0.3, -0.25) is 0 Å². The van der Waals surface area contributed by atoms with Crippen LogP contribution in [0.5, 0.6) is 0 Å². The predicted molar refractivity (Wildman–Crippen MR) is 104 cm³/mol. The predicted octanol–water partition coefficient (Wildman–Crippen LogP) is 3.15. The highest BCUT2D eigenvalue weighted by atomic mass is 35.5. The summed E-state index contributed by atoms with van der Waals surface area (Å²) in [5.41, 5.74) is 1.92. The second-order valence-corrected chi connectivity index (χ2v) is 6.98. The third-order valence-corrected chi connectivity index (χ3v) is 4.79. The van der Waals surface area contributed by atoms with Crippen LogP contribution in [-0.4, -0.2) is 37.2 Å². The van der Waals surface area contributed by atoms with E-state index in [1.807, 2.05) is 37.3 Å². The molecule has 2 aromatic rings. The molecule has 4 nitrogen and oxygen atoms in total. The van der Waals surface area contributed by atoms with Crippen LogP contribution in [0.4, 0.5) is 5.69 Å². The molecule has 2 N–H and O–H groups in total. The van der Waals surface area contributed by atoms with Crippen LogP contribution in [0.3, 0.4) is 0 Å². The third kappa shape index (κ3) is 4.72. The van der Waals surface area contributed by atoms with E-state index in [0.717, 1.165) is 35.1 Å². The number of thiocarbonyl (C=S) groups is 1. The van der Waals surface area contributed by atoms with Gasteiger partial charge in [-0.25, -0.2) is 0 Å². The third-order valence-electron chi connectivity index (χ3n) is 4.05. The number of halogens is 1. The number of likely N-dealkylation sites (N-methyl/N-ethyl adjacent to an activating group) is 1. The van der Waals surface area contributed by atoms with Crippen LogP contribution in [0, 0.1) is 6.92 Å². The molecule has 1 aromatic carbocycles. The first-order valence-electron chi connectivity index (χ1n) is 8.05. The lowest BCUT2D eigenvalue weighted by Crippen LogP contribution is -3.06. The average Bonchev–Trinajstić information content (AvgIpc) is 3.06. The van der Waals surface area contributed by atoms with Gasteiger partial charge in [-0.05, 0) is 55.9 Å². The number of nitrogens with zero attached hydrogens (tertiary/aromatic N) is 1. The molecule has 2 rings (SSSR count). The highest BCUT2D eigenvalue weighted by molar-refractivity contribution is 7.80. The first-order valence-corrected chi connectivity index (χ1v) is 8.84. The van der Waals surface area contributed by atoms with E-state index in [1.165, 1.54) is 4.90 Å². The molecule has 0 bridgehead atoms. The molecule has 0 saturated carbocycles. The van der Waals surface area contributed by atoms with Crippen LogP contribution < -0.4 is 10.2 Å². The van der Waals surface area contributed by atoms with Crippen molar-refractivity contribution in [1.82, 2.24) is 4.90 Å². The summed E-state index contributed by atoms with van der Waals surface area (Å²) < 4.78 is 5.57. The fraction of sp³-hybridized carbons (Fsp3) is 0.389. The number of anilines is 1. The standard InChI is InChI=1S/C18H24ClN3OS/c1-13-15(19)7-5-8-16(13)20-18(24)22(11-10-21(3)4)14(2)17-9-6-12-23-17/h5-9,12,14H,10-11H2,1-4H3,(H,20,24)/p+1. The van der Waals surface area contributed by atoms with E-state index in [9.17, 15) is 0 Å². The van der Waals surface area contributed by atoms with Gasteiger partial charge in [0, 0.05) is 10.7 Å². The maximum absolute atomic E-state index is 6.21. The maximum atomic E-state index is 6.21. The van der Waals surface area contributed by atoms with Gasteiger partial charge in [0.1, 0.15) is 5.76 Å². The molecule has 1 unspecified atom stereocenters. The van der Waals surface area contributed by atoms with E-state index in [-0.39, 0.29) is 6.04 Å². The molecule has 0 radical (unpaired) electrons. The Morgan fingerprint density at radius 3 is 2.71 bits per heavy atom. The van der Waals surface area contributed by atoms with Gasteiger partial charge >= 0.3 is 0 Å². The smallest absolute Gasteiger partial charge is 0.174 e. The Morgan fingerprint density at radius 2 is 2.08 bits per heavy atom. The van der Waals surface area contributed by atoms with Crippen LogP contribution in [0.2, 0.25) is 5.02 Å². The Morgan fingerprint density at radius 1 is 1.33 bits per heavy atom. The fourth-order valence-corrected chi connectivity index (χ4v) is 2.96. The van der Waals surface area contributed by atoms with E-state index in [2.05, 4.69) is 31.2 Å². The van der Waals surface area contributed by atoms with Gasteiger partial charge in [-0.1, -0.05) is 17.7 Å². The molecule has 0 fully saturated rings. The minimum absolute atomic E-state index is 0.0545. The van der Waals surface area contributed by atoms with Crippen LogP contribution in [-0.2, 0) is 0 Å². The van der Waals surface area contributed by atoms with Crippen molar-refractivity contribution in [2.45, 2.75) is 19.9 Å². The lowest BCUT2D eigenvalue weighted by Gasteiger charge is -2.31. The van der Waals surface area contributed by atoms with E-state index < -0.39 is 0 Å². The van der Waals surface area contributed by atoms with Crippen molar-refractivity contribution in [2.24, 2.45) is 0 Å². The van der Waals surface area contributed by atoms with Gasteiger partial charge in [0.2, 0.25) is 0 Å². The Balaban J connectivity index is 2.18. The molecule has 24 heavy (non-hydrogen) atoms. The van der Waals surface area contributed by atoms with Crippen LogP contribution >= 0.6 is 23.8 Å². The van der Waals surface area contributed by atoms with Crippen molar-refractivity contribution in [1.29, 1.82) is 0 Å². The molecule has 0 aliphatic carbocycles. The molecule has 1 heterocycles. The summed E-state index contributed by atoms with van der Waals surface area (Å²) in [5.74, 6) is 0.899. The van der Waals surface area contributed by atoms with Crippen molar-refractivity contribution in [3.8, 4) is 0 Å². The summed E-state index contributed by atoms with van der Waals surface area (Å²) >= 11 is 11.9. The minimum atomic E-state index is 0.0545. The molecule has 1 aromatic heterocycles. The SMILES string of the molecule is Cc1c(Cl)cccc1NC(=S)N(CC[NH+](C)C)C(C)c1ccco1. The molecule has 0 aliphatic rings. The van der Waals surface area contributed by atoms with Crippen molar-refractivity contribution < 1.29 is 9.32 Å². The van der Waals surface area contributed by atoms with E-state index in [4.69, 9.17) is 28.2 Å². The minimum Gasteiger partial charge on any atom is -0.467 e. The summed E-state index contributed by atoms with van der Waals surface area (Å²) in [6.07, 6.45) is 1.69. The van der Waals surface area contributed by atoms with Crippen molar-refractivity contribution in [2.75, 3.05) is 32.5 Å². The summed E-state index contributed by atoms with van der Waals surface area (Å²) in [5, 5.41) is 4.74. The zero-order valence-electron chi connectivity index (χ0n) is 14.6. The highest BCUT2D eigenvalue weighted by Gasteiger charge is 2.22.